The van der Waals surface area contributed by atoms with Crippen molar-refractivity contribution in [3.8, 4) is 0 Å². The molecule has 0 aromatic carbocycles. The van der Waals surface area contributed by atoms with Gasteiger partial charge in [0.2, 0.25) is 10.0 Å². The van der Waals surface area contributed by atoms with Gasteiger partial charge in [-0.05, 0) is 40.2 Å². The predicted octanol–water partition coefficient (Wildman–Crippen LogP) is 0.538. The van der Waals surface area contributed by atoms with Crippen LogP contribution in [0.4, 0.5) is 0 Å². The Bertz CT molecular complexity index is 292. The van der Waals surface area contributed by atoms with Crippen molar-refractivity contribution >= 4 is 10.0 Å². The maximum Gasteiger partial charge on any atom is 0.210 e. The fraction of sp³-hybridized carbons (Fsp3) is 1.00. The average Bonchev–Trinajstić information content (AvgIpc) is 2.29. The summed E-state index contributed by atoms with van der Waals surface area (Å²) in [6, 6.07) is 0.102. The molecule has 1 saturated heterocycles. The number of sulfonamides is 1. The lowest BCUT2D eigenvalue weighted by Crippen LogP contribution is -2.47. The lowest BCUT2D eigenvalue weighted by molar-refractivity contribution is 0.132. The van der Waals surface area contributed by atoms with Gasteiger partial charge < -0.3 is 0 Å². The van der Waals surface area contributed by atoms with Crippen LogP contribution in [0.5, 0.6) is 0 Å². The fourth-order valence-electron chi connectivity index (χ4n) is 2.16. The molecule has 1 heterocycles. The van der Waals surface area contributed by atoms with E-state index >= 15 is 0 Å². The standard InChI is InChI=1S/C9H20N2O2S/c1-9(2,3)11-6-4-5-8(11)7-14(10,12)13/h8H,4-7H2,1-3H3,(H2,10,12,13)/t8-/m0/s1. The second-order valence-electron chi connectivity index (χ2n) is 4.99. The molecule has 0 aliphatic carbocycles. The number of nitrogens with zero attached hydrogens (tertiary/aromatic N) is 1. The van der Waals surface area contributed by atoms with Crippen molar-refractivity contribution in [3.05, 3.63) is 0 Å². The van der Waals surface area contributed by atoms with E-state index in [2.05, 4.69) is 25.7 Å². The van der Waals surface area contributed by atoms with Gasteiger partial charge in [0.15, 0.2) is 0 Å². The molecular weight excluding hydrogens is 200 g/mol. The SMILES string of the molecule is CC(C)(C)N1CCC[C@H]1CS(N)(=O)=O. The van der Waals surface area contributed by atoms with Crippen LogP contribution in [0.3, 0.4) is 0 Å². The maximum atomic E-state index is 11.0. The Labute approximate surface area is 86.5 Å². The largest absolute Gasteiger partial charge is 0.294 e. The van der Waals surface area contributed by atoms with E-state index in [0.29, 0.717) is 0 Å². The summed E-state index contributed by atoms with van der Waals surface area (Å²) in [5.74, 6) is 0.0876. The summed E-state index contributed by atoms with van der Waals surface area (Å²) in [6.07, 6.45) is 2.01. The molecule has 4 nitrogen and oxygen atoms in total. The van der Waals surface area contributed by atoms with Crippen LogP contribution in [-0.4, -0.2) is 37.2 Å². The average molecular weight is 220 g/mol. The van der Waals surface area contributed by atoms with Gasteiger partial charge in [0.05, 0.1) is 5.75 Å². The molecule has 14 heavy (non-hydrogen) atoms. The molecule has 2 N–H and O–H groups in total. The Hall–Kier alpha value is -0.130. The zero-order chi connectivity index (χ0) is 11.0. The van der Waals surface area contributed by atoms with Gasteiger partial charge in [0.1, 0.15) is 0 Å². The van der Waals surface area contributed by atoms with E-state index in [1.165, 1.54) is 0 Å². The first-order valence-electron chi connectivity index (χ1n) is 4.97. The molecule has 0 bridgehead atoms. The Balaban J connectivity index is 2.70. The topological polar surface area (TPSA) is 63.4 Å². The summed E-state index contributed by atoms with van der Waals surface area (Å²) in [7, 11) is -3.34. The minimum atomic E-state index is -3.34. The first kappa shape index (κ1) is 11.9. The van der Waals surface area contributed by atoms with Gasteiger partial charge >= 0.3 is 0 Å². The molecule has 0 aromatic rings. The highest BCUT2D eigenvalue weighted by molar-refractivity contribution is 7.89. The molecule has 0 aromatic heterocycles. The maximum absolute atomic E-state index is 11.0. The van der Waals surface area contributed by atoms with Gasteiger partial charge in [0.25, 0.3) is 0 Å². The van der Waals surface area contributed by atoms with Crippen LogP contribution in [0, 0.1) is 0 Å². The van der Waals surface area contributed by atoms with Crippen LogP contribution in [0.1, 0.15) is 33.6 Å². The lowest BCUT2D eigenvalue weighted by Gasteiger charge is -2.36. The van der Waals surface area contributed by atoms with Crippen LogP contribution < -0.4 is 5.14 Å². The van der Waals surface area contributed by atoms with E-state index in [-0.39, 0.29) is 17.3 Å². The number of likely N-dealkylation sites (tertiary alicyclic amines) is 1. The lowest BCUT2D eigenvalue weighted by atomic mass is 10.1. The van der Waals surface area contributed by atoms with E-state index in [4.69, 9.17) is 5.14 Å². The highest BCUT2D eigenvalue weighted by Crippen LogP contribution is 2.26. The molecule has 1 aliphatic heterocycles. The van der Waals surface area contributed by atoms with E-state index in [1.54, 1.807) is 0 Å². The number of primary sulfonamides is 1. The van der Waals surface area contributed by atoms with Crippen LogP contribution in [0.2, 0.25) is 0 Å². The summed E-state index contributed by atoms with van der Waals surface area (Å²) in [6.45, 7) is 7.29. The van der Waals surface area contributed by atoms with Crippen molar-refractivity contribution < 1.29 is 8.42 Å². The van der Waals surface area contributed by atoms with Gasteiger partial charge in [-0.3, -0.25) is 4.90 Å². The number of nitrogens with two attached hydrogens (primary N) is 1. The van der Waals surface area contributed by atoms with E-state index in [0.717, 1.165) is 19.4 Å². The zero-order valence-corrected chi connectivity index (χ0v) is 9.97. The third-order valence-electron chi connectivity index (χ3n) is 2.66. The molecule has 1 atom stereocenters. The third-order valence-corrected chi connectivity index (χ3v) is 3.51. The highest BCUT2D eigenvalue weighted by atomic mass is 32.2. The smallest absolute Gasteiger partial charge is 0.210 e. The van der Waals surface area contributed by atoms with E-state index < -0.39 is 10.0 Å². The van der Waals surface area contributed by atoms with Crippen LogP contribution in [0.25, 0.3) is 0 Å². The first-order valence-corrected chi connectivity index (χ1v) is 6.69. The summed E-state index contributed by atoms with van der Waals surface area (Å²) in [4.78, 5) is 2.23. The molecule has 0 radical (unpaired) electrons. The quantitative estimate of drug-likeness (QED) is 0.738. The molecule has 1 fully saturated rings. The minimum absolute atomic E-state index is 0.0336. The molecule has 84 valence electrons. The number of hydrogen-bond donors (Lipinski definition) is 1. The van der Waals surface area contributed by atoms with Crippen molar-refractivity contribution in [1.82, 2.24) is 4.90 Å². The minimum Gasteiger partial charge on any atom is -0.294 e. The number of rotatable bonds is 2. The second kappa shape index (κ2) is 3.79. The zero-order valence-electron chi connectivity index (χ0n) is 9.16. The van der Waals surface area contributed by atoms with Gasteiger partial charge in [-0.25, -0.2) is 13.6 Å². The van der Waals surface area contributed by atoms with Crippen LogP contribution >= 0.6 is 0 Å². The molecular formula is C9H20N2O2S. The van der Waals surface area contributed by atoms with Gasteiger partial charge in [0, 0.05) is 11.6 Å². The highest BCUT2D eigenvalue weighted by Gasteiger charge is 2.34. The fourth-order valence-corrected chi connectivity index (χ4v) is 3.04. The summed E-state index contributed by atoms with van der Waals surface area (Å²) < 4.78 is 22.0. The molecule has 1 rings (SSSR count). The first-order chi connectivity index (χ1) is 6.20. The Morgan fingerprint density at radius 1 is 1.43 bits per heavy atom. The Morgan fingerprint density at radius 3 is 2.43 bits per heavy atom. The predicted molar refractivity (Wildman–Crippen MR) is 57.5 cm³/mol. The monoisotopic (exact) mass is 220 g/mol. The molecule has 0 spiro atoms. The van der Waals surface area contributed by atoms with Crippen molar-refractivity contribution in [3.63, 3.8) is 0 Å². The van der Waals surface area contributed by atoms with Gasteiger partial charge in [-0.1, -0.05) is 0 Å². The Morgan fingerprint density at radius 2 is 2.00 bits per heavy atom. The summed E-state index contributed by atoms with van der Waals surface area (Å²) >= 11 is 0. The van der Waals surface area contributed by atoms with Crippen molar-refractivity contribution in [2.75, 3.05) is 12.3 Å². The molecule has 0 saturated carbocycles. The summed E-state index contributed by atoms with van der Waals surface area (Å²) in [5, 5.41) is 5.07. The van der Waals surface area contributed by atoms with Crippen LogP contribution in [-0.2, 0) is 10.0 Å². The molecule has 0 amide bonds. The van der Waals surface area contributed by atoms with Crippen molar-refractivity contribution in [1.29, 1.82) is 0 Å². The molecule has 0 unspecified atom stereocenters. The van der Waals surface area contributed by atoms with E-state index in [9.17, 15) is 8.42 Å². The van der Waals surface area contributed by atoms with Crippen molar-refractivity contribution in [2.45, 2.75) is 45.2 Å². The van der Waals surface area contributed by atoms with Crippen molar-refractivity contribution in [2.24, 2.45) is 5.14 Å². The third kappa shape index (κ3) is 3.22. The van der Waals surface area contributed by atoms with Gasteiger partial charge in [-0.15, -0.1) is 0 Å². The summed E-state index contributed by atoms with van der Waals surface area (Å²) in [5.41, 5.74) is 0.0336. The van der Waals surface area contributed by atoms with E-state index in [1.807, 2.05) is 0 Å². The second-order valence-corrected chi connectivity index (χ2v) is 6.65. The van der Waals surface area contributed by atoms with Crippen LogP contribution in [0.15, 0.2) is 0 Å². The number of hydrogen-bond acceptors (Lipinski definition) is 3. The molecule has 5 heteroatoms. The van der Waals surface area contributed by atoms with Gasteiger partial charge in [-0.2, -0.15) is 0 Å². The Kier molecular flexibility index (Phi) is 3.23. The normalized spacial score (nSPS) is 25.6. The molecule has 1 aliphatic rings.